The van der Waals surface area contributed by atoms with Gasteiger partial charge in [-0.1, -0.05) is 180 Å². The molecular weight excluding hydrogens is 689 g/mol. The van der Waals surface area contributed by atoms with Crippen molar-refractivity contribution in [3.05, 3.63) is 12.2 Å². The van der Waals surface area contributed by atoms with E-state index >= 15 is 0 Å². The van der Waals surface area contributed by atoms with Crippen molar-refractivity contribution >= 4 is 19.8 Å². The molecule has 0 aliphatic heterocycles. The van der Waals surface area contributed by atoms with Gasteiger partial charge in [0, 0.05) is 19.4 Å². The number of phosphoric acid groups is 1. The van der Waals surface area contributed by atoms with Crippen molar-refractivity contribution in [1.82, 2.24) is 0 Å². The van der Waals surface area contributed by atoms with Crippen LogP contribution < -0.4 is 5.73 Å². The molecule has 314 valence electrons. The lowest BCUT2D eigenvalue weighted by molar-refractivity contribution is -0.161. The molecule has 53 heavy (non-hydrogen) atoms. The number of hydrogen-bond acceptors (Lipinski definition) is 8. The van der Waals surface area contributed by atoms with Crippen LogP contribution in [0.1, 0.15) is 219 Å². The summed E-state index contributed by atoms with van der Waals surface area (Å²) in [5.74, 6) is -0.820. The van der Waals surface area contributed by atoms with E-state index in [1.54, 1.807) is 0 Å². The normalized spacial score (nSPS) is 13.4. The SMILES string of the molecule is CCCCCCCC/C=C/CCCCCCCCCCCC(=O)OC[C@@H](COP(=O)(O)OCCN)OC(=O)CCCCCCCCCCCCCCC. The molecule has 1 unspecified atom stereocenters. The van der Waals surface area contributed by atoms with Crippen LogP contribution in [0.15, 0.2) is 12.2 Å². The summed E-state index contributed by atoms with van der Waals surface area (Å²) in [5, 5.41) is 0. The Bertz CT molecular complexity index is 886. The zero-order chi connectivity index (χ0) is 38.9. The van der Waals surface area contributed by atoms with E-state index in [9.17, 15) is 19.0 Å². The van der Waals surface area contributed by atoms with Crippen LogP contribution in [-0.2, 0) is 32.7 Å². The minimum atomic E-state index is -4.37. The molecule has 0 bridgehead atoms. The molecule has 0 heterocycles. The second-order valence-corrected chi connectivity index (χ2v) is 16.4. The van der Waals surface area contributed by atoms with E-state index in [0.29, 0.717) is 6.42 Å². The average molecular weight is 774 g/mol. The van der Waals surface area contributed by atoms with Gasteiger partial charge >= 0.3 is 19.8 Å². The third-order valence-corrected chi connectivity index (χ3v) is 10.6. The van der Waals surface area contributed by atoms with E-state index in [2.05, 4.69) is 26.0 Å². The maximum Gasteiger partial charge on any atom is 0.472 e. The lowest BCUT2D eigenvalue weighted by atomic mass is 10.0. The van der Waals surface area contributed by atoms with E-state index in [1.165, 1.54) is 154 Å². The molecule has 9 nitrogen and oxygen atoms in total. The van der Waals surface area contributed by atoms with E-state index < -0.39 is 26.5 Å². The largest absolute Gasteiger partial charge is 0.472 e. The highest BCUT2D eigenvalue weighted by atomic mass is 31.2. The number of nitrogens with two attached hydrogens (primary N) is 1. The molecule has 0 aromatic heterocycles. The Labute approximate surface area is 326 Å². The predicted octanol–water partition coefficient (Wildman–Crippen LogP) is 12.6. The van der Waals surface area contributed by atoms with Crippen LogP contribution in [0.3, 0.4) is 0 Å². The standard InChI is InChI=1S/C43H84NO8P/c1-3-5-7-9-11-13-15-17-18-19-20-21-22-24-25-27-29-31-33-35-42(45)49-39-41(40-51-53(47,48)50-38-37-44)52-43(46)36-34-32-30-28-26-23-16-14-12-10-8-6-4-2/h17-18,41H,3-16,19-40,44H2,1-2H3,(H,47,48)/b18-17+/t41-/m0/s1. The van der Waals surface area contributed by atoms with Crippen LogP contribution in [0, 0.1) is 0 Å². The van der Waals surface area contributed by atoms with Gasteiger partial charge in [0.05, 0.1) is 13.2 Å². The molecule has 0 aliphatic rings. The number of esters is 2. The Morgan fingerprint density at radius 3 is 1.34 bits per heavy atom. The Morgan fingerprint density at radius 2 is 0.925 bits per heavy atom. The van der Waals surface area contributed by atoms with Gasteiger partial charge in [-0.25, -0.2) is 4.57 Å². The summed E-state index contributed by atoms with van der Waals surface area (Å²) in [6.07, 6.45) is 40.9. The van der Waals surface area contributed by atoms with Crippen molar-refractivity contribution in [1.29, 1.82) is 0 Å². The molecule has 0 aliphatic carbocycles. The zero-order valence-corrected chi connectivity index (χ0v) is 35.4. The Kier molecular flexibility index (Phi) is 39.5. The minimum absolute atomic E-state index is 0.0561. The molecular formula is C43H84NO8P. The summed E-state index contributed by atoms with van der Waals surface area (Å²) in [5.41, 5.74) is 5.35. The summed E-state index contributed by atoms with van der Waals surface area (Å²) in [4.78, 5) is 34.8. The summed E-state index contributed by atoms with van der Waals surface area (Å²) in [6.45, 7) is 3.75. The van der Waals surface area contributed by atoms with Crippen molar-refractivity contribution < 1.29 is 37.6 Å². The Morgan fingerprint density at radius 1 is 0.547 bits per heavy atom. The smallest absolute Gasteiger partial charge is 0.462 e. The lowest BCUT2D eigenvalue weighted by Crippen LogP contribution is -2.29. The number of ether oxygens (including phenoxy) is 2. The van der Waals surface area contributed by atoms with Crippen LogP contribution in [0.2, 0.25) is 0 Å². The zero-order valence-electron chi connectivity index (χ0n) is 34.5. The molecule has 0 aromatic rings. The van der Waals surface area contributed by atoms with Gasteiger partial charge in [0.25, 0.3) is 0 Å². The number of phosphoric ester groups is 1. The number of carbonyl (C=O) groups is 2. The van der Waals surface area contributed by atoms with Crippen LogP contribution in [-0.4, -0.2) is 49.3 Å². The number of hydrogen-bond donors (Lipinski definition) is 2. The van der Waals surface area contributed by atoms with E-state index in [4.69, 9.17) is 24.3 Å². The van der Waals surface area contributed by atoms with Crippen LogP contribution in [0.25, 0.3) is 0 Å². The highest BCUT2D eigenvalue weighted by Crippen LogP contribution is 2.43. The summed E-state index contributed by atoms with van der Waals surface area (Å²) in [7, 11) is -4.37. The third kappa shape index (κ3) is 40.2. The number of allylic oxidation sites excluding steroid dienone is 2. The van der Waals surface area contributed by atoms with Gasteiger partial charge in [-0.2, -0.15) is 0 Å². The van der Waals surface area contributed by atoms with Gasteiger partial charge < -0.3 is 20.1 Å². The first kappa shape index (κ1) is 51.8. The van der Waals surface area contributed by atoms with Crippen molar-refractivity contribution in [2.24, 2.45) is 5.73 Å². The minimum Gasteiger partial charge on any atom is -0.462 e. The lowest BCUT2D eigenvalue weighted by Gasteiger charge is -2.19. The topological polar surface area (TPSA) is 134 Å². The summed E-state index contributed by atoms with van der Waals surface area (Å²) < 4.78 is 32.8. The van der Waals surface area contributed by atoms with Crippen LogP contribution in [0.4, 0.5) is 0 Å². The van der Waals surface area contributed by atoms with Gasteiger partial charge in [-0.05, 0) is 38.5 Å². The Balaban J connectivity index is 4.08. The summed E-state index contributed by atoms with van der Waals surface area (Å²) >= 11 is 0. The third-order valence-electron chi connectivity index (χ3n) is 9.65. The molecule has 0 aromatic carbocycles. The molecule has 0 saturated carbocycles. The van der Waals surface area contributed by atoms with E-state index in [1.807, 2.05) is 0 Å². The number of rotatable bonds is 42. The fourth-order valence-electron chi connectivity index (χ4n) is 6.34. The molecule has 0 spiro atoms. The van der Waals surface area contributed by atoms with Crippen molar-refractivity contribution in [3.8, 4) is 0 Å². The predicted molar refractivity (Wildman–Crippen MR) is 220 cm³/mol. The van der Waals surface area contributed by atoms with Gasteiger partial charge in [0.15, 0.2) is 6.10 Å². The second-order valence-electron chi connectivity index (χ2n) is 14.9. The van der Waals surface area contributed by atoms with Crippen molar-refractivity contribution in [3.63, 3.8) is 0 Å². The molecule has 3 N–H and O–H groups in total. The van der Waals surface area contributed by atoms with Gasteiger partial charge in [-0.3, -0.25) is 18.6 Å². The first-order valence-corrected chi connectivity index (χ1v) is 23.7. The first-order chi connectivity index (χ1) is 25.8. The van der Waals surface area contributed by atoms with Crippen molar-refractivity contribution in [2.45, 2.75) is 225 Å². The monoisotopic (exact) mass is 774 g/mol. The molecule has 10 heteroatoms. The molecule has 0 rings (SSSR count). The molecule has 2 atom stereocenters. The fourth-order valence-corrected chi connectivity index (χ4v) is 7.10. The van der Waals surface area contributed by atoms with Gasteiger partial charge in [-0.15, -0.1) is 0 Å². The van der Waals surface area contributed by atoms with Crippen LogP contribution in [0.5, 0.6) is 0 Å². The maximum atomic E-state index is 12.6. The summed E-state index contributed by atoms with van der Waals surface area (Å²) in [6, 6.07) is 0. The highest BCUT2D eigenvalue weighted by molar-refractivity contribution is 7.47. The molecule has 0 amide bonds. The number of unbranched alkanes of at least 4 members (excludes halogenated alkanes) is 27. The Hall–Kier alpha value is -1.25. The average Bonchev–Trinajstić information content (AvgIpc) is 3.14. The van der Waals surface area contributed by atoms with Crippen molar-refractivity contribution in [2.75, 3.05) is 26.4 Å². The maximum absolute atomic E-state index is 12.6. The molecule has 0 saturated heterocycles. The van der Waals surface area contributed by atoms with E-state index in [0.717, 1.165) is 32.1 Å². The highest BCUT2D eigenvalue weighted by Gasteiger charge is 2.26. The molecule has 0 radical (unpaired) electrons. The van der Waals surface area contributed by atoms with Gasteiger partial charge in [0.2, 0.25) is 0 Å². The van der Waals surface area contributed by atoms with Crippen LogP contribution >= 0.6 is 7.82 Å². The van der Waals surface area contributed by atoms with Gasteiger partial charge in [0.1, 0.15) is 6.61 Å². The quantitative estimate of drug-likeness (QED) is 0.0269. The first-order valence-electron chi connectivity index (χ1n) is 22.2. The second kappa shape index (κ2) is 40.4. The van der Waals surface area contributed by atoms with E-state index in [-0.39, 0.29) is 38.6 Å². The fraction of sp³-hybridized carbons (Fsp3) is 0.907. The molecule has 0 fully saturated rings. The number of carbonyl (C=O) groups excluding carboxylic acids is 2.